The summed E-state index contributed by atoms with van der Waals surface area (Å²) < 4.78 is 2.04. The standard InChI is InChI=1S/C24H32N6O4/c1-6-29-15(3)25-17-9-16(7-8-18(17)29)20(32)28-27-19(31)12-30-21(33)24(26-22(30)34)11-14(2)10-23(4,5)13-24/h7-9,14H,6,10-13H2,1-5H3,(H,26,34)(H,27,31)(H,28,32). The summed E-state index contributed by atoms with van der Waals surface area (Å²) >= 11 is 0. The zero-order valence-electron chi connectivity index (χ0n) is 20.3. The molecule has 10 heteroatoms. The van der Waals surface area contributed by atoms with E-state index in [1.807, 2.05) is 24.5 Å². The summed E-state index contributed by atoms with van der Waals surface area (Å²) in [4.78, 5) is 56.2. The number of hydrazine groups is 1. The van der Waals surface area contributed by atoms with Gasteiger partial charge >= 0.3 is 6.03 Å². The smallest absolute Gasteiger partial charge is 0.325 e. The van der Waals surface area contributed by atoms with Gasteiger partial charge in [0.15, 0.2) is 0 Å². The third-order valence-corrected chi connectivity index (χ3v) is 6.76. The Hall–Kier alpha value is -3.43. The largest absolute Gasteiger partial charge is 0.329 e. The summed E-state index contributed by atoms with van der Waals surface area (Å²) in [7, 11) is 0. The number of imide groups is 1. The van der Waals surface area contributed by atoms with Crippen molar-refractivity contribution in [3.05, 3.63) is 29.6 Å². The van der Waals surface area contributed by atoms with Crippen LogP contribution in [0, 0.1) is 18.3 Å². The van der Waals surface area contributed by atoms with E-state index in [1.165, 1.54) is 0 Å². The highest BCUT2D eigenvalue weighted by molar-refractivity contribution is 6.09. The van der Waals surface area contributed by atoms with E-state index in [2.05, 4.69) is 41.9 Å². The normalized spacial score (nSPS) is 23.9. The Bertz CT molecular complexity index is 1190. The van der Waals surface area contributed by atoms with Gasteiger partial charge in [0.05, 0.1) is 11.0 Å². The molecule has 1 saturated heterocycles. The third kappa shape index (κ3) is 4.24. The molecule has 34 heavy (non-hydrogen) atoms. The van der Waals surface area contributed by atoms with Crippen molar-refractivity contribution in [2.75, 3.05) is 6.54 Å². The van der Waals surface area contributed by atoms with Gasteiger partial charge in [-0.25, -0.2) is 9.78 Å². The van der Waals surface area contributed by atoms with E-state index in [4.69, 9.17) is 0 Å². The second-order valence-corrected chi connectivity index (χ2v) is 10.4. The van der Waals surface area contributed by atoms with E-state index in [-0.39, 0.29) is 17.2 Å². The van der Waals surface area contributed by atoms with Crippen LogP contribution in [0.3, 0.4) is 0 Å². The molecule has 1 aliphatic carbocycles. The molecule has 2 heterocycles. The average molecular weight is 469 g/mol. The van der Waals surface area contributed by atoms with E-state index in [1.54, 1.807) is 12.1 Å². The fourth-order valence-electron chi connectivity index (χ4n) is 5.82. The highest BCUT2D eigenvalue weighted by Crippen LogP contribution is 2.46. The predicted molar refractivity (Wildman–Crippen MR) is 126 cm³/mol. The minimum atomic E-state index is -0.975. The van der Waals surface area contributed by atoms with Crippen LogP contribution in [-0.2, 0) is 16.1 Å². The van der Waals surface area contributed by atoms with Gasteiger partial charge in [-0.3, -0.25) is 30.1 Å². The quantitative estimate of drug-likeness (QED) is 0.469. The van der Waals surface area contributed by atoms with Gasteiger partial charge in [0.1, 0.15) is 17.9 Å². The number of carbonyl (C=O) groups is 4. The van der Waals surface area contributed by atoms with Crippen LogP contribution in [0.1, 0.15) is 63.1 Å². The molecule has 5 amide bonds. The lowest BCUT2D eigenvalue weighted by Crippen LogP contribution is -2.54. The van der Waals surface area contributed by atoms with Crippen molar-refractivity contribution in [1.82, 2.24) is 30.6 Å². The van der Waals surface area contributed by atoms with E-state index in [9.17, 15) is 19.2 Å². The minimum Gasteiger partial charge on any atom is -0.329 e. The van der Waals surface area contributed by atoms with Crippen LogP contribution in [0.2, 0.25) is 0 Å². The Morgan fingerprint density at radius 2 is 1.94 bits per heavy atom. The minimum absolute atomic E-state index is 0.0978. The number of rotatable bonds is 4. The lowest BCUT2D eigenvalue weighted by Gasteiger charge is -2.43. The average Bonchev–Trinajstić information content (AvgIpc) is 3.17. The van der Waals surface area contributed by atoms with Gasteiger partial charge in [0, 0.05) is 12.1 Å². The van der Waals surface area contributed by atoms with E-state index in [0.29, 0.717) is 23.9 Å². The molecule has 3 N–H and O–H groups in total. The maximum absolute atomic E-state index is 13.2. The first kappa shape index (κ1) is 23.7. The molecule has 1 aromatic carbocycles. The van der Waals surface area contributed by atoms with Crippen LogP contribution in [0.15, 0.2) is 18.2 Å². The number of benzene rings is 1. The molecule has 2 atom stereocenters. The molecule has 1 spiro atoms. The van der Waals surface area contributed by atoms with Crippen LogP contribution >= 0.6 is 0 Å². The van der Waals surface area contributed by atoms with Crippen molar-refractivity contribution < 1.29 is 19.2 Å². The highest BCUT2D eigenvalue weighted by atomic mass is 16.2. The highest BCUT2D eigenvalue weighted by Gasteiger charge is 2.56. The van der Waals surface area contributed by atoms with E-state index in [0.717, 1.165) is 29.2 Å². The first-order valence-electron chi connectivity index (χ1n) is 11.6. The number of imidazole rings is 1. The van der Waals surface area contributed by atoms with Gasteiger partial charge in [0.2, 0.25) is 0 Å². The van der Waals surface area contributed by atoms with Crippen molar-refractivity contribution in [2.45, 2.75) is 66.0 Å². The lowest BCUT2D eigenvalue weighted by molar-refractivity contribution is -0.137. The van der Waals surface area contributed by atoms with Gasteiger partial charge < -0.3 is 9.88 Å². The van der Waals surface area contributed by atoms with Crippen LogP contribution in [0.4, 0.5) is 4.79 Å². The first-order valence-corrected chi connectivity index (χ1v) is 11.6. The Labute approximate surface area is 198 Å². The number of carbonyl (C=O) groups excluding carboxylic acids is 4. The number of hydrogen-bond acceptors (Lipinski definition) is 5. The number of fused-ring (bicyclic) bond motifs is 1. The van der Waals surface area contributed by atoms with Gasteiger partial charge in [-0.1, -0.05) is 20.8 Å². The lowest BCUT2D eigenvalue weighted by atomic mass is 9.64. The maximum Gasteiger partial charge on any atom is 0.325 e. The number of hydrogen-bond donors (Lipinski definition) is 3. The molecule has 2 fully saturated rings. The monoisotopic (exact) mass is 468 g/mol. The zero-order valence-corrected chi connectivity index (χ0v) is 20.3. The number of nitrogens with one attached hydrogen (secondary N) is 3. The van der Waals surface area contributed by atoms with E-state index >= 15 is 0 Å². The zero-order chi connectivity index (χ0) is 24.8. The van der Waals surface area contributed by atoms with Crippen LogP contribution in [-0.4, -0.2) is 50.3 Å². The summed E-state index contributed by atoms with van der Waals surface area (Å²) in [5.41, 5.74) is 5.53. The molecular weight excluding hydrogens is 436 g/mol. The molecular formula is C24H32N6O4. The summed E-state index contributed by atoms with van der Waals surface area (Å²) in [6.07, 6.45) is 2.04. The second-order valence-electron chi connectivity index (χ2n) is 10.4. The summed E-state index contributed by atoms with van der Waals surface area (Å²) in [5, 5.41) is 2.84. The van der Waals surface area contributed by atoms with Crippen LogP contribution in [0.25, 0.3) is 11.0 Å². The summed E-state index contributed by atoms with van der Waals surface area (Å²) in [6.45, 7) is 10.5. The Balaban J connectivity index is 1.38. The summed E-state index contributed by atoms with van der Waals surface area (Å²) in [6, 6.07) is 4.55. The molecule has 1 saturated carbocycles. The molecule has 2 aromatic rings. The van der Waals surface area contributed by atoms with Crippen molar-refractivity contribution in [3.8, 4) is 0 Å². The number of urea groups is 1. The van der Waals surface area contributed by atoms with Gasteiger partial charge in [0.25, 0.3) is 17.7 Å². The van der Waals surface area contributed by atoms with Crippen molar-refractivity contribution in [1.29, 1.82) is 0 Å². The molecule has 1 aliphatic heterocycles. The Morgan fingerprint density at radius 3 is 2.62 bits per heavy atom. The molecule has 182 valence electrons. The molecule has 0 bridgehead atoms. The Kier molecular flexibility index (Phi) is 5.87. The third-order valence-electron chi connectivity index (χ3n) is 6.76. The van der Waals surface area contributed by atoms with Crippen molar-refractivity contribution in [2.24, 2.45) is 11.3 Å². The molecule has 4 rings (SSSR count). The van der Waals surface area contributed by atoms with Gasteiger partial charge in [-0.2, -0.15) is 0 Å². The fourth-order valence-corrected chi connectivity index (χ4v) is 5.82. The molecule has 2 aliphatic rings. The maximum atomic E-state index is 13.2. The fraction of sp³-hybridized carbons (Fsp3) is 0.542. The summed E-state index contributed by atoms with van der Waals surface area (Å²) in [5.74, 6) is -0.443. The molecule has 1 aromatic heterocycles. The SMILES string of the molecule is CCn1c(C)nc2cc(C(=O)NNC(=O)CN3C(=O)NC4(CC(C)CC(C)(C)C4)C3=O)ccc21. The van der Waals surface area contributed by atoms with Crippen molar-refractivity contribution in [3.63, 3.8) is 0 Å². The number of aryl methyl sites for hydroxylation is 2. The predicted octanol–water partition coefficient (Wildman–Crippen LogP) is 2.26. The van der Waals surface area contributed by atoms with Crippen molar-refractivity contribution >= 4 is 34.8 Å². The first-order chi connectivity index (χ1) is 15.9. The molecule has 10 nitrogen and oxygen atoms in total. The Morgan fingerprint density at radius 1 is 1.21 bits per heavy atom. The van der Waals surface area contributed by atoms with Crippen LogP contribution < -0.4 is 16.2 Å². The van der Waals surface area contributed by atoms with Crippen LogP contribution in [0.5, 0.6) is 0 Å². The molecule has 0 radical (unpaired) electrons. The number of nitrogens with zero attached hydrogens (tertiary/aromatic N) is 3. The topological polar surface area (TPSA) is 125 Å². The number of aromatic nitrogens is 2. The molecule has 2 unspecified atom stereocenters. The second kappa shape index (κ2) is 8.41. The van der Waals surface area contributed by atoms with E-state index < -0.39 is 29.9 Å². The van der Waals surface area contributed by atoms with Gasteiger partial charge in [-0.15, -0.1) is 0 Å². The van der Waals surface area contributed by atoms with Gasteiger partial charge in [-0.05, 0) is 62.6 Å². The number of amides is 5.